The molecule has 1 aromatic rings. The smallest absolute Gasteiger partial charge is 0.0240 e. The lowest BCUT2D eigenvalue weighted by molar-refractivity contribution is 0.166. The first-order chi connectivity index (χ1) is 8.06. The Labute approximate surface area is 105 Å². The van der Waals surface area contributed by atoms with E-state index in [4.69, 9.17) is 0 Å². The number of nitrogens with zero attached hydrogens (tertiary/aromatic N) is 1. The second-order valence-electron chi connectivity index (χ2n) is 5.53. The highest BCUT2D eigenvalue weighted by molar-refractivity contribution is 5.33. The molecule has 2 atom stereocenters. The number of aryl methyl sites for hydroxylation is 2. The molecule has 1 aliphatic rings. The van der Waals surface area contributed by atoms with Crippen LogP contribution < -0.4 is 5.32 Å². The number of rotatable bonds is 2. The van der Waals surface area contributed by atoms with Gasteiger partial charge in [0.1, 0.15) is 0 Å². The molecule has 94 valence electrons. The second kappa shape index (κ2) is 5.19. The van der Waals surface area contributed by atoms with Gasteiger partial charge >= 0.3 is 0 Å². The fourth-order valence-corrected chi connectivity index (χ4v) is 2.89. The minimum absolute atomic E-state index is 0.600. The van der Waals surface area contributed by atoms with Crippen LogP contribution in [-0.2, 0) is 6.54 Å². The van der Waals surface area contributed by atoms with Crippen molar-refractivity contribution < 1.29 is 0 Å². The summed E-state index contributed by atoms with van der Waals surface area (Å²) in [5.74, 6) is 0. The molecule has 0 spiro atoms. The molecule has 1 saturated heterocycles. The number of benzene rings is 1. The molecule has 2 unspecified atom stereocenters. The van der Waals surface area contributed by atoms with Gasteiger partial charge in [0.15, 0.2) is 0 Å². The van der Waals surface area contributed by atoms with Crippen LogP contribution in [0.25, 0.3) is 0 Å². The second-order valence-corrected chi connectivity index (χ2v) is 5.53. The molecule has 17 heavy (non-hydrogen) atoms. The van der Waals surface area contributed by atoms with Gasteiger partial charge in [-0.05, 0) is 44.4 Å². The molecule has 1 heterocycles. The Bertz CT molecular complexity index is 356. The third kappa shape index (κ3) is 3.08. The number of piperazine rings is 1. The maximum atomic E-state index is 3.58. The van der Waals surface area contributed by atoms with Crippen LogP contribution in [0.15, 0.2) is 18.2 Å². The first kappa shape index (κ1) is 12.6. The standard InChI is InChI=1S/C15H24N2/c1-11-6-5-7-12(2)15(11)10-17-8-13(3)16-14(4)9-17/h5-7,13-14,16H,8-10H2,1-4H3. The average molecular weight is 232 g/mol. The topological polar surface area (TPSA) is 15.3 Å². The number of hydrogen-bond acceptors (Lipinski definition) is 2. The van der Waals surface area contributed by atoms with E-state index in [1.807, 2.05) is 0 Å². The molecule has 1 aromatic carbocycles. The van der Waals surface area contributed by atoms with Gasteiger partial charge in [0.05, 0.1) is 0 Å². The molecule has 2 heteroatoms. The fraction of sp³-hybridized carbons (Fsp3) is 0.600. The summed E-state index contributed by atoms with van der Waals surface area (Å²) >= 11 is 0. The minimum Gasteiger partial charge on any atom is -0.309 e. The number of nitrogens with one attached hydrogen (secondary N) is 1. The summed E-state index contributed by atoms with van der Waals surface area (Å²) in [7, 11) is 0. The van der Waals surface area contributed by atoms with E-state index in [9.17, 15) is 0 Å². The van der Waals surface area contributed by atoms with E-state index in [1.54, 1.807) is 0 Å². The molecular formula is C15H24N2. The molecule has 1 fully saturated rings. The van der Waals surface area contributed by atoms with Crippen LogP contribution in [0.5, 0.6) is 0 Å². The molecular weight excluding hydrogens is 208 g/mol. The zero-order valence-electron chi connectivity index (χ0n) is 11.5. The predicted molar refractivity (Wildman–Crippen MR) is 73.3 cm³/mol. The third-order valence-electron chi connectivity index (χ3n) is 3.66. The van der Waals surface area contributed by atoms with Gasteiger partial charge < -0.3 is 5.32 Å². The SMILES string of the molecule is Cc1cccc(C)c1CN1CC(C)NC(C)C1. The van der Waals surface area contributed by atoms with Crippen LogP contribution in [0.3, 0.4) is 0 Å². The van der Waals surface area contributed by atoms with Gasteiger partial charge in [-0.15, -0.1) is 0 Å². The zero-order chi connectivity index (χ0) is 12.4. The highest BCUT2D eigenvalue weighted by Gasteiger charge is 2.21. The van der Waals surface area contributed by atoms with Gasteiger partial charge in [-0.2, -0.15) is 0 Å². The summed E-state index contributed by atoms with van der Waals surface area (Å²) in [6.07, 6.45) is 0. The molecule has 0 aromatic heterocycles. The van der Waals surface area contributed by atoms with Crippen LogP contribution >= 0.6 is 0 Å². The Kier molecular flexibility index (Phi) is 3.85. The van der Waals surface area contributed by atoms with E-state index in [0.717, 1.165) is 19.6 Å². The van der Waals surface area contributed by atoms with Crippen LogP contribution in [0.1, 0.15) is 30.5 Å². The fourth-order valence-electron chi connectivity index (χ4n) is 2.89. The largest absolute Gasteiger partial charge is 0.309 e. The average Bonchev–Trinajstić information content (AvgIpc) is 2.22. The molecule has 2 rings (SSSR count). The summed E-state index contributed by atoms with van der Waals surface area (Å²) in [4.78, 5) is 2.57. The van der Waals surface area contributed by atoms with Crippen molar-refractivity contribution in [3.8, 4) is 0 Å². The lowest BCUT2D eigenvalue weighted by Gasteiger charge is -2.36. The highest BCUT2D eigenvalue weighted by atomic mass is 15.2. The van der Waals surface area contributed by atoms with E-state index in [0.29, 0.717) is 12.1 Å². The van der Waals surface area contributed by atoms with Crippen molar-refractivity contribution in [2.45, 2.75) is 46.3 Å². The molecule has 0 amide bonds. The summed E-state index contributed by atoms with van der Waals surface area (Å²) in [5.41, 5.74) is 4.35. The van der Waals surface area contributed by atoms with Crippen molar-refractivity contribution in [1.29, 1.82) is 0 Å². The van der Waals surface area contributed by atoms with Crippen LogP contribution in [0.2, 0.25) is 0 Å². The van der Waals surface area contributed by atoms with Gasteiger partial charge in [0.2, 0.25) is 0 Å². The highest BCUT2D eigenvalue weighted by Crippen LogP contribution is 2.17. The Balaban J connectivity index is 2.10. The zero-order valence-corrected chi connectivity index (χ0v) is 11.5. The van der Waals surface area contributed by atoms with Crippen LogP contribution in [-0.4, -0.2) is 30.1 Å². The van der Waals surface area contributed by atoms with Gasteiger partial charge in [-0.1, -0.05) is 18.2 Å². The van der Waals surface area contributed by atoms with Gasteiger partial charge in [0.25, 0.3) is 0 Å². The quantitative estimate of drug-likeness (QED) is 0.843. The molecule has 0 bridgehead atoms. The van der Waals surface area contributed by atoms with E-state index in [1.165, 1.54) is 16.7 Å². The maximum absolute atomic E-state index is 3.58. The van der Waals surface area contributed by atoms with Crippen molar-refractivity contribution in [2.24, 2.45) is 0 Å². The summed E-state index contributed by atoms with van der Waals surface area (Å²) in [5, 5.41) is 3.58. The minimum atomic E-state index is 0.600. The van der Waals surface area contributed by atoms with E-state index in [2.05, 4.69) is 56.1 Å². The van der Waals surface area contributed by atoms with Crippen molar-refractivity contribution in [2.75, 3.05) is 13.1 Å². The summed E-state index contributed by atoms with van der Waals surface area (Å²) in [6, 6.07) is 7.79. The lowest BCUT2D eigenvalue weighted by atomic mass is 10.0. The normalized spacial score (nSPS) is 26.1. The molecule has 2 nitrogen and oxygen atoms in total. The van der Waals surface area contributed by atoms with Crippen molar-refractivity contribution >= 4 is 0 Å². The van der Waals surface area contributed by atoms with Gasteiger partial charge in [-0.3, -0.25) is 4.90 Å². The first-order valence-electron chi connectivity index (χ1n) is 6.59. The first-order valence-corrected chi connectivity index (χ1v) is 6.59. The molecule has 1 N–H and O–H groups in total. The van der Waals surface area contributed by atoms with E-state index < -0.39 is 0 Å². The monoisotopic (exact) mass is 232 g/mol. The van der Waals surface area contributed by atoms with Crippen molar-refractivity contribution in [3.63, 3.8) is 0 Å². The van der Waals surface area contributed by atoms with E-state index in [-0.39, 0.29) is 0 Å². The van der Waals surface area contributed by atoms with Gasteiger partial charge in [0, 0.05) is 31.7 Å². The Hall–Kier alpha value is -0.860. The van der Waals surface area contributed by atoms with E-state index >= 15 is 0 Å². The predicted octanol–water partition coefficient (Wildman–Crippen LogP) is 2.49. The van der Waals surface area contributed by atoms with Gasteiger partial charge in [-0.25, -0.2) is 0 Å². The Morgan fingerprint density at radius 3 is 2.18 bits per heavy atom. The van der Waals surface area contributed by atoms with Crippen LogP contribution in [0, 0.1) is 13.8 Å². The molecule has 1 aliphatic heterocycles. The molecule has 0 radical (unpaired) electrons. The Morgan fingerprint density at radius 2 is 1.65 bits per heavy atom. The molecule has 0 aliphatic carbocycles. The van der Waals surface area contributed by atoms with Crippen LogP contribution in [0.4, 0.5) is 0 Å². The van der Waals surface area contributed by atoms with Crippen molar-refractivity contribution in [1.82, 2.24) is 10.2 Å². The third-order valence-corrected chi connectivity index (χ3v) is 3.66. The number of hydrogen-bond donors (Lipinski definition) is 1. The summed E-state index contributed by atoms with van der Waals surface area (Å²) < 4.78 is 0. The summed E-state index contributed by atoms with van der Waals surface area (Å²) in [6.45, 7) is 12.4. The Morgan fingerprint density at radius 1 is 1.12 bits per heavy atom. The van der Waals surface area contributed by atoms with Crippen molar-refractivity contribution in [3.05, 3.63) is 34.9 Å². The maximum Gasteiger partial charge on any atom is 0.0240 e. The lowest BCUT2D eigenvalue weighted by Crippen LogP contribution is -2.53. The molecule has 0 saturated carbocycles.